The normalized spacial score (nSPS) is 10.6. The van der Waals surface area contributed by atoms with E-state index in [1.165, 1.54) is 0 Å². The number of rotatable bonds is 5. The monoisotopic (exact) mass is 250 g/mol. The first-order chi connectivity index (χ1) is 8.47. The summed E-state index contributed by atoms with van der Waals surface area (Å²) >= 11 is 0. The summed E-state index contributed by atoms with van der Waals surface area (Å²) in [6.45, 7) is 5.39. The van der Waals surface area contributed by atoms with E-state index in [0.717, 1.165) is 23.4 Å². The highest BCUT2D eigenvalue weighted by Crippen LogP contribution is 2.23. The third-order valence-corrected chi connectivity index (χ3v) is 3.05. The van der Waals surface area contributed by atoms with Crippen LogP contribution in [0.25, 0.3) is 0 Å². The van der Waals surface area contributed by atoms with Crippen LogP contribution in [0.4, 0.5) is 0 Å². The van der Waals surface area contributed by atoms with Gasteiger partial charge >= 0.3 is 0 Å². The number of carbonyl (C=O) groups excluding carboxylic acids is 1. The van der Waals surface area contributed by atoms with E-state index in [1.807, 2.05) is 45.0 Å². The van der Waals surface area contributed by atoms with Crippen LogP contribution < -0.4 is 10.1 Å². The van der Waals surface area contributed by atoms with Gasteiger partial charge in [0.25, 0.3) is 5.91 Å². The molecule has 0 heterocycles. The van der Waals surface area contributed by atoms with Gasteiger partial charge in [-0.2, -0.15) is 0 Å². The van der Waals surface area contributed by atoms with Gasteiger partial charge in [0, 0.05) is 18.7 Å². The van der Waals surface area contributed by atoms with Crippen LogP contribution in [0.5, 0.6) is 5.75 Å². The molecule has 4 heteroatoms. The van der Waals surface area contributed by atoms with Gasteiger partial charge in [-0.25, -0.2) is 0 Å². The van der Waals surface area contributed by atoms with E-state index in [9.17, 15) is 4.79 Å². The second-order valence-corrected chi connectivity index (χ2v) is 4.62. The van der Waals surface area contributed by atoms with Crippen molar-refractivity contribution in [1.82, 2.24) is 10.2 Å². The van der Waals surface area contributed by atoms with E-state index < -0.39 is 0 Å². The van der Waals surface area contributed by atoms with E-state index in [0.29, 0.717) is 12.1 Å². The first-order valence-corrected chi connectivity index (χ1v) is 6.04. The molecule has 100 valence electrons. The van der Waals surface area contributed by atoms with Gasteiger partial charge in [0.1, 0.15) is 5.75 Å². The van der Waals surface area contributed by atoms with Crippen LogP contribution in [-0.2, 0) is 0 Å². The Morgan fingerprint density at radius 3 is 2.50 bits per heavy atom. The number of nitrogens with one attached hydrogen (secondary N) is 1. The Morgan fingerprint density at radius 1 is 1.28 bits per heavy atom. The number of hydrogen-bond acceptors (Lipinski definition) is 3. The molecule has 1 aromatic carbocycles. The number of hydrogen-bond donors (Lipinski definition) is 1. The van der Waals surface area contributed by atoms with Crippen LogP contribution in [0.3, 0.4) is 0 Å². The molecule has 0 atom stereocenters. The zero-order valence-corrected chi connectivity index (χ0v) is 11.8. The molecular formula is C14H22N2O2. The average molecular weight is 250 g/mol. The Balaban J connectivity index is 2.77. The van der Waals surface area contributed by atoms with Crippen molar-refractivity contribution < 1.29 is 9.53 Å². The van der Waals surface area contributed by atoms with Crippen molar-refractivity contribution in [2.24, 2.45) is 0 Å². The molecule has 1 N–H and O–H groups in total. The lowest BCUT2D eigenvalue weighted by Crippen LogP contribution is -2.31. The molecule has 0 saturated carbocycles. The van der Waals surface area contributed by atoms with Crippen molar-refractivity contribution in [3.8, 4) is 5.75 Å². The molecule has 0 aliphatic rings. The van der Waals surface area contributed by atoms with E-state index in [4.69, 9.17) is 4.74 Å². The van der Waals surface area contributed by atoms with Gasteiger partial charge in [-0.3, -0.25) is 4.79 Å². The van der Waals surface area contributed by atoms with Gasteiger partial charge in [0.15, 0.2) is 0 Å². The Bertz CT molecular complexity index is 428. The minimum Gasteiger partial charge on any atom is -0.496 e. The number of methoxy groups -OCH3 is 1. The summed E-state index contributed by atoms with van der Waals surface area (Å²) in [5.74, 6) is 0.789. The molecule has 0 bridgehead atoms. The van der Waals surface area contributed by atoms with Crippen molar-refractivity contribution in [1.29, 1.82) is 0 Å². The number of amides is 1. The Labute approximate surface area is 109 Å². The van der Waals surface area contributed by atoms with Gasteiger partial charge in [-0.05, 0) is 51.2 Å². The van der Waals surface area contributed by atoms with Gasteiger partial charge in [0.05, 0.1) is 7.11 Å². The van der Waals surface area contributed by atoms with Crippen molar-refractivity contribution in [3.63, 3.8) is 0 Å². The van der Waals surface area contributed by atoms with Crippen LogP contribution in [0, 0.1) is 13.8 Å². The van der Waals surface area contributed by atoms with Crippen molar-refractivity contribution in [2.75, 3.05) is 34.3 Å². The van der Waals surface area contributed by atoms with Gasteiger partial charge in [-0.1, -0.05) is 0 Å². The third kappa shape index (κ3) is 3.47. The highest BCUT2D eigenvalue weighted by atomic mass is 16.5. The molecule has 18 heavy (non-hydrogen) atoms. The Kier molecular flexibility index (Phi) is 5.16. The smallest absolute Gasteiger partial charge is 0.251 e. The van der Waals surface area contributed by atoms with Crippen molar-refractivity contribution in [3.05, 3.63) is 28.8 Å². The lowest BCUT2D eigenvalue weighted by molar-refractivity contribution is 0.0950. The molecule has 1 amide bonds. The van der Waals surface area contributed by atoms with E-state index in [2.05, 4.69) is 5.32 Å². The van der Waals surface area contributed by atoms with E-state index >= 15 is 0 Å². The summed E-state index contributed by atoms with van der Waals surface area (Å²) in [6, 6.07) is 3.65. The fourth-order valence-electron chi connectivity index (χ4n) is 1.75. The quantitative estimate of drug-likeness (QED) is 0.863. The molecule has 0 radical (unpaired) electrons. The summed E-state index contributed by atoms with van der Waals surface area (Å²) in [6.07, 6.45) is 0. The van der Waals surface area contributed by atoms with Crippen molar-refractivity contribution in [2.45, 2.75) is 13.8 Å². The molecule has 4 nitrogen and oxygen atoms in total. The summed E-state index contributed by atoms with van der Waals surface area (Å²) < 4.78 is 5.23. The van der Waals surface area contributed by atoms with Gasteiger partial charge < -0.3 is 15.0 Å². The van der Waals surface area contributed by atoms with Gasteiger partial charge in [-0.15, -0.1) is 0 Å². The maximum atomic E-state index is 12.0. The standard InChI is InChI=1S/C14H22N2O2/c1-10-11(2)13(18-5)7-6-12(10)14(17)15-8-9-16(3)4/h6-7H,8-9H2,1-5H3,(H,15,17). The molecule has 0 aromatic heterocycles. The van der Waals surface area contributed by atoms with E-state index in [-0.39, 0.29) is 5.91 Å². The number of ether oxygens (including phenoxy) is 1. The molecule has 0 unspecified atom stereocenters. The van der Waals surface area contributed by atoms with Crippen LogP contribution >= 0.6 is 0 Å². The maximum Gasteiger partial charge on any atom is 0.251 e. The topological polar surface area (TPSA) is 41.6 Å². The van der Waals surface area contributed by atoms with E-state index in [1.54, 1.807) is 7.11 Å². The summed E-state index contributed by atoms with van der Waals surface area (Å²) in [5, 5.41) is 2.91. The van der Waals surface area contributed by atoms with Crippen LogP contribution in [0.15, 0.2) is 12.1 Å². The summed E-state index contributed by atoms with van der Waals surface area (Å²) in [5.41, 5.74) is 2.70. The lowest BCUT2D eigenvalue weighted by atomic mass is 10.0. The highest BCUT2D eigenvalue weighted by Gasteiger charge is 2.12. The molecular weight excluding hydrogens is 228 g/mol. The molecule has 0 aliphatic carbocycles. The average Bonchev–Trinajstić information content (AvgIpc) is 2.32. The Hall–Kier alpha value is -1.55. The second kappa shape index (κ2) is 6.40. The lowest BCUT2D eigenvalue weighted by Gasteiger charge is -2.14. The van der Waals surface area contributed by atoms with Crippen molar-refractivity contribution >= 4 is 5.91 Å². The number of likely N-dealkylation sites (N-methyl/N-ethyl adjacent to an activating group) is 1. The van der Waals surface area contributed by atoms with Crippen LogP contribution in [0.2, 0.25) is 0 Å². The molecule has 0 aliphatic heterocycles. The summed E-state index contributed by atoms with van der Waals surface area (Å²) in [7, 11) is 5.60. The Morgan fingerprint density at radius 2 is 1.94 bits per heavy atom. The SMILES string of the molecule is COc1ccc(C(=O)NCCN(C)C)c(C)c1C. The highest BCUT2D eigenvalue weighted by molar-refractivity contribution is 5.96. The zero-order chi connectivity index (χ0) is 13.7. The molecule has 0 fully saturated rings. The third-order valence-electron chi connectivity index (χ3n) is 3.05. The zero-order valence-electron chi connectivity index (χ0n) is 11.8. The minimum absolute atomic E-state index is 0.0277. The van der Waals surface area contributed by atoms with Gasteiger partial charge in [0.2, 0.25) is 0 Å². The van der Waals surface area contributed by atoms with Crippen LogP contribution in [-0.4, -0.2) is 45.1 Å². The first kappa shape index (κ1) is 14.5. The fraction of sp³-hybridized carbons (Fsp3) is 0.500. The number of carbonyl (C=O) groups is 1. The molecule has 1 aromatic rings. The second-order valence-electron chi connectivity index (χ2n) is 4.62. The molecule has 1 rings (SSSR count). The maximum absolute atomic E-state index is 12.0. The summed E-state index contributed by atoms with van der Waals surface area (Å²) in [4.78, 5) is 14.1. The molecule has 0 spiro atoms. The first-order valence-electron chi connectivity index (χ1n) is 6.04. The minimum atomic E-state index is -0.0277. The predicted molar refractivity (Wildman–Crippen MR) is 73.4 cm³/mol. The number of nitrogens with zero attached hydrogens (tertiary/aromatic N) is 1. The number of benzene rings is 1. The largest absolute Gasteiger partial charge is 0.496 e. The molecule has 0 saturated heterocycles. The predicted octanol–water partition coefficient (Wildman–Crippen LogP) is 1.60. The van der Waals surface area contributed by atoms with Crippen LogP contribution in [0.1, 0.15) is 21.5 Å². The fourth-order valence-corrected chi connectivity index (χ4v) is 1.75.